The van der Waals surface area contributed by atoms with E-state index in [9.17, 15) is 9.59 Å². The number of carbonyl (C=O) groups excluding carboxylic acids is 1. The fourth-order valence-corrected chi connectivity index (χ4v) is 3.67. The van der Waals surface area contributed by atoms with Crippen LogP contribution in [0.1, 0.15) is 23.1 Å². The third kappa shape index (κ3) is 4.49. The molecule has 0 unspecified atom stereocenters. The second kappa shape index (κ2) is 9.76. The first-order valence-corrected chi connectivity index (χ1v) is 10.8. The van der Waals surface area contributed by atoms with E-state index < -0.39 is 12.1 Å². The molecule has 172 valence electrons. The predicted octanol–water partition coefficient (Wildman–Crippen LogP) is 6.36. The number of nitrogens with zero attached hydrogens (tertiary/aromatic N) is 3. The van der Waals surface area contributed by atoms with Gasteiger partial charge in [-0.25, -0.2) is 19.5 Å². The zero-order chi connectivity index (χ0) is 24.2. The SMILES string of the molecule is CCOC(=O)N(c1ccccc1Cl)c1c(C)noc1-c1ccc(-c2ccc(C(=O)O)nc2)cc1. The van der Waals surface area contributed by atoms with Crippen LogP contribution in [0.2, 0.25) is 5.02 Å². The Bertz CT molecular complexity index is 1330. The molecule has 4 aromatic rings. The van der Waals surface area contributed by atoms with Crippen molar-refractivity contribution in [3.63, 3.8) is 0 Å². The minimum Gasteiger partial charge on any atom is -0.477 e. The average Bonchev–Trinajstić information content (AvgIpc) is 3.22. The monoisotopic (exact) mass is 477 g/mol. The number of carbonyl (C=O) groups is 2. The van der Waals surface area contributed by atoms with Crippen molar-refractivity contribution in [3.8, 4) is 22.5 Å². The number of carboxylic acids is 1. The summed E-state index contributed by atoms with van der Waals surface area (Å²) in [7, 11) is 0. The van der Waals surface area contributed by atoms with Crippen LogP contribution < -0.4 is 4.90 Å². The van der Waals surface area contributed by atoms with E-state index >= 15 is 0 Å². The molecule has 0 bridgehead atoms. The van der Waals surface area contributed by atoms with Crippen LogP contribution in [0, 0.1) is 6.92 Å². The lowest BCUT2D eigenvalue weighted by Gasteiger charge is -2.23. The van der Waals surface area contributed by atoms with Gasteiger partial charge in [0.25, 0.3) is 0 Å². The molecule has 0 aliphatic heterocycles. The molecule has 2 aromatic heterocycles. The minimum atomic E-state index is -1.08. The molecule has 0 radical (unpaired) electrons. The number of halogens is 1. The molecule has 0 fully saturated rings. The summed E-state index contributed by atoms with van der Waals surface area (Å²) < 4.78 is 10.9. The Kier molecular flexibility index (Phi) is 6.60. The lowest BCUT2D eigenvalue weighted by molar-refractivity contribution is 0.0690. The van der Waals surface area contributed by atoms with Crippen molar-refractivity contribution in [3.05, 3.63) is 83.3 Å². The van der Waals surface area contributed by atoms with E-state index in [1.165, 1.54) is 17.2 Å². The molecular weight excluding hydrogens is 458 g/mol. The molecule has 0 saturated heterocycles. The molecule has 0 atom stereocenters. The molecule has 0 aliphatic rings. The Morgan fingerprint density at radius 1 is 1.03 bits per heavy atom. The quantitative estimate of drug-likeness (QED) is 0.344. The molecule has 1 amide bonds. The summed E-state index contributed by atoms with van der Waals surface area (Å²) in [5.41, 5.74) is 3.59. The molecule has 2 heterocycles. The van der Waals surface area contributed by atoms with Gasteiger partial charge in [0.2, 0.25) is 0 Å². The van der Waals surface area contributed by atoms with Crippen LogP contribution in [0.4, 0.5) is 16.2 Å². The van der Waals surface area contributed by atoms with Crippen molar-refractivity contribution in [2.24, 2.45) is 0 Å². The lowest BCUT2D eigenvalue weighted by Crippen LogP contribution is -2.27. The van der Waals surface area contributed by atoms with Gasteiger partial charge in [0.05, 0.1) is 17.3 Å². The van der Waals surface area contributed by atoms with E-state index in [-0.39, 0.29) is 12.3 Å². The number of hydrogen-bond acceptors (Lipinski definition) is 6. The molecule has 4 rings (SSSR count). The van der Waals surface area contributed by atoms with Crippen molar-refractivity contribution in [1.29, 1.82) is 0 Å². The van der Waals surface area contributed by atoms with Crippen molar-refractivity contribution >= 4 is 35.0 Å². The Hall–Kier alpha value is -4.17. The van der Waals surface area contributed by atoms with Crippen LogP contribution in [-0.4, -0.2) is 33.9 Å². The second-order valence-corrected chi connectivity index (χ2v) is 7.65. The summed E-state index contributed by atoms with van der Waals surface area (Å²) in [4.78, 5) is 29.3. The molecule has 0 aliphatic carbocycles. The Labute approximate surface area is 200 Å². The standard InChI is InChI=1S/C25H20ClN3O5/c1-3-33-25(32)29(21-7-5-4-6-19(21)26)22-15(2)28-34-23(22)17-10-8-16(9-11-17)18-12-13-20(24(30)31)27-14-18/h4-14H,3H2,1-2H3,(H,30,31). The van der Waals surface area contributed by atoms with Gasteiger partial charge < -0.3 is 14.4 Å². The smallest absolute Gasteiger partial charge is 0.419 e. The first kappa shape index (κ1) is 23.0. The number of anilines is 2. The van der Waals surface area contributed by atoms with Crippen LogP contribution in [0.25, 0.3) is 22.5 Å². The number of benzene rings is 2. The number of para-hydroxylation sites is 1. The van der Waals surface area contributed by atoms with Crippen molar-refractivity contribution in [1.82, 2.24) is 10.1 Å². The fourth-order valence-electron chi connectivity index (χ4n) is 3.45. The number of aromatic carboxylic acids is 1. The third-order valence-electron chi connectivity index (χ3n) is 5.06. The Morgan fingerprint density at radius 2 is 1.71 bits per heavy atom. The summed E-state index contributed by atoms with van der Waals surface area (Å²) in [5.74, 6) is -0.712. The number of aryl methyl sites for hydroxylation is 1. The molecular formula is C25H20ClN3O5. The number of amides is 1. The van der Waals surface area contributed by atoms with Gasteiger partial charge in [0, 0.05) is 17.3 Å². The van der Waals surface area contributed by atoms with Gasteiger partial charge in [0.15, 0.2) is 5.76 Å². The summed E-state index contributed by atoms with van der Waals surface area (Å²) in [6.45, 7) is 3.64. The van der Waals surface area contributed by atoms with Gasteiger partial charge in [0.1, 0.15) is 17.1 Å². The van der Waals surface area contributed by atoms with Crippen LogP contribution in [0.3, 0.4) is 0 Å². The van der Waals surface area contributed by atoms with Crippen LogP contribution in [0.15, 0.2) is 71.4 Å². The molecule has 2 aromatic carbocycles. The van der Waals surface area contributed by atoms with Gasteiger partial charge in [-0.05, 0) is 37.6 Å². The minimum absolute atomic E-state index is 0.0271. The number of aromatic nitrogens is 2. The Balaban J connectivity index is 1.75. The van der Waals surface area contributed by atoms with E-state index in [0.717, 1.165) is 11.1 Å². The van der Waals surface area contributed by atoms with Gasteiger partial charge in [-0.15, -0.1) is 0 Å². The number of pyridine rings is 1. The number of ether oxygens (including phenoxy) is 1. The zero-order valence-electron chi connectivity index (χ0n) is 18.4. The molecule has 34 heavy (non-hydrogen) atoms. The van der Waals surface area contributed by atoms with Gasteiger partial charge in [-0.1, -0.05) is 59.2 Å². The van der Waals surface area contributed by atoms with Crippen LogP contribution in [-0.2, 0) is 4.74 Å². The number of carboxylic acid groups (broad SMARTS) is 1. The zero-order valence-corrected chi connectivity index (χ0v) is 19.1. The topological polar surface area (TPSA) is 106 Å². The summed E-state index contributed by atoms with van der Waals surface area (Å²) in [6.07, 6.45) is 0.895. The van der Waals surface area contributed by atoms with Crippen molar-refractivity contribution in [2.45, 2.75) is 13.8 Å². The van der Waals surface area contributed by atoms with Crippen molar-refractivity contribution < 1.29 is 24.0 Å². The number of rotatable bonds is 6. The highest BCUT2D eigenvalue weighted by molar-refractivity contribution is 6.34. The van der Waals surface area contributed by atoms with E-state index in [2.05, 4.69) is 10.1 Å². The highest BCUT2D eigenvalue weighted by atomic mass is 35.5. The second-order valence-electron chi connectivity index (χ2n) is 7.25. The van der Waals surface area contributed by atoms with Crippen molar-refractivity contribution in [2.75, 3.05) is 11.5 Å². The normalized spacial score (nSPS) is 10.7. The molecule has 8 nitrogen and oxygen atoms in total. The number of hydrogen-bond donors (Lipinski definition) is 1. The van der Waals surface area contributed by atoms with E-state index in [1.807, 2.05) is 24.3 Å². The summed E-state index contributed by atoms with van der Waals surface area (Å²) in [5, 5.41) is 13.5. The maximum absolute atomic E-state index is 13.0. The predicted molar refractivity (Wildman–Crippen MR) is 127 cm³/mol. The van der Waals surface area contributed by atoms with E-state index in [1.54, 1.807) is 44.2 Å². The van der Waals surface area contributed by atoms with E-state index in [0.29, 0.717) is 33.4 Å². The highest BCUT2D eigenvalue weighted by Gasteiger charge is 2.29. The van der Waals surface area contributed by atoms with Gasteiger partial charge in [-0.3, -0.25) is 0 Å². The summed E-state index contributed by atoms with van der Waals surface area (Å²) >= 11 is 6.41. The fraction of sp³-hybridized carbons (Fsp3) is 0.120. The molecule has 9 heteroatoms. The molecule has 0 saturated carbocycles. The maximum Gasteiger partial charge on any atom is 0.419 e. The molecule has 0 spiro atoms. The molecule has 1 N–H and O–H groups in total. The lowest BCUT2D eigenvalue weighted by atomic mass is 10.0. The maximum atomic E-state index is 13.0. The van der Waals surface area contributed by atoms with Gasteiger partial charge in [-0.2, -0.15) is 0 Å². The van der Waals surface area contributed by atoms with Gasteiger partial charge >= 0.3 is 12.1 Å². The first-order valence-electron chi connectivity index (χ1n) is 10.4. The van der Waals surface area contributed by atoms with Crippen LogP contribution >= 0.6 is 11.6 Å². The Morgan fingerprint density at radius 3 is 2.32 bits per heavy atom. The largest absolute Gasteiger partial charge is 0.477 e. The highest BCUT2D eigenvalue weighted by Crippen LogP contribution is 2.41. The summed E-state index contributed by atoms with van der Waals surface area (Å²) in [6, 6.07) is 17.4. The third-order valence-corrected chi connectivity index (χ3v) is 5.38. The average molecular weight is 478 g/mol. The van der Waals surface area contributed by atoms with Crippen LogP contribution in [0.5, 0.6) is 0 Å². The first-order chi connectivity index (χ1) is 16.4. The van der Waals surface area contributed by atoms with E-state index in [4.69, 9.17) is 26.0 Å².